The van der Waals surface area contributed by atoms with Crippen LogP contribution in [-0.2, 0) is 0 Å². The van der Waals surface area contributed by atoms with Gasteiger partial charge in [-0.3, -0.25) is 0 Å². The zero-order valence-corrected chi connectivity index (χ0v) is 11.6. The number of hydrogen-bond acceptors (Lipinski definition) is 0. The summed E-state index contributed by atoms with van der Waals surface area (Å²) in [6, 6.07) is 8.95. The molecule has 0 saturated heterocycles. The normalized spacial score (nSPS) is 21.2. The molecule has 1 aliphatic rings. The van der Waals surface area contributed by atoms with Crippen LogP contribution in [0.25, 0.3) is 5.57 Å². The van der Waals surface area contributed by atoms with Crippen LogP contribution < -0.4 is 0 Å². The van der Waals surface area contributed by atoms with Gasteiger partial charge in [0.15, 0.2) is 0 Å². The first-order valence-corrected chi connectivity index (χ1v) is 6.73. The summed E-state index contributed by atoms with van der Waals surface area (Å²) in [7, 11) is 0. The van der Waals surface area contributed by atoms with Crippen LogP contribution in [0.15, 0.2) is 30.3 Å². The maximum Gasteiger partial charge on any atom is -0.0228 e. The van der Waals surface area contributed by atoms with Crippen molar-refractivity contribution in [3.8, 4) is 0 Å². The molecular weight excluding hydrogens is 204 g/mol. The summed E-state index contributed by atoms with van der Waals surface area (Å²) < 4.78 is 0. The fourth-order valence-electron chi connectivity index (χ4n) is 2.65. The molecule has 0 aromatic heterocycles. The van der Waals surface area contributed by atoms with Gasteiger partial charge in [0.05, 0.1) is 0 Å². The molecule has 0 unspecified atom stereocenters. The van der Waals surface area contributed by atoms with Crippen LogP contribution in [0, 0.1) is 18.3 Å². The zero-order chi connectivity index (χ0) is 12.5. The monoisotopic (exact) mass is 228 g/mol. The molecule has 0 heteroatoms. The molecule has 0 spiro atoms. The number of rotatable bonds is 1. The Kier molecular flexibility index (Phi) is 3.42. The van der Waals surface area contributed by atoms with Crippen molar-refractivity contribution < 1.29 is 0 Å². The third-order valence-corrected chi connectivity index (χ3v) is 4.06. The van der Waals surface area contributed by atoms with Crippen LogP contribution in [0.5, 0.6) is 0 Å². The van der Waals surface area contributed by atoms with Gasteiger partial charge in [-0.1, -0.05) is 56.7 Å². The van der Waals surface area contributed by atoms with Crippen molar-refractivity contribution in [2.75, 3.05) is 0 Å². The highest BCUT2D eigenvalue weighted by Gasteiger charge is 2.26. The summed E-state index contributed by atoms with van der Waals surface area (Å²) >= 11 is 0. The van der Waals surface area contributed by atoms with E-state index in [2.05, 4.69) is 58.0 Å². The van der Waals surface area contributed by atoms with E-state index in [1.807, 2.05) is 0 Å². The molecule has 0 amide bonds. The van der Waals surface area contributed by atoms with Gasteiger partial charge in [0, 0.05) is 0 Å². The fraction of sp³-hybridized carbons (Fsp3) is 0.529. The van der Waals surface area contributed by atoms with Gasteiger partial charge in [-0.15, -0.1) is 0 Å². The fourth-order valence-corrected chi connectivity index (χ4v) is 2.65. The van der Waals surface area contributed by atoms with Crippen LogP contribution in [0.1, 0.15) is 51.2 Å². The lowest BCUT2D eigenvalue weighted by Gasteiger charge is -2.33. The van der Waals surface area contributed by atoms with Gasteiger partial charge >= 0.3 is 0 Å². The molecule has 1 atom stereocenters. The molecule has 17 heavy (non-hydrogen) atoms. The van der Waals surface area contributed by atoms with E-state index in [0.29, 0.717) is 5.41 Å². The number of benzene rings is 1. The van der Waals surface area contributed by atoms with E-state index in [4.69, 9.17) is 0 Å². The van der Waals surface area contributed by atoms with Crippen molar-refractivity contribution in [3.05, 3.63) is 41.5 Å². The topological polar surface area (TPSA) is 0 Å². The number of aryl methyl sites for hydroxylation is 1. The van der Waals surface area contributed by atoms with Gasteiger partial charge in [-0.2, -0.15) is 0 Å². The Morgan fingerprint density at radius 2 is 1.71 bits per heavy atom. The smallest absolute Gasteiger partial charge is 0.0228 e. The van der Waals surface area contributed by atoms with Crippen LogP contribution in [0.3, 0.4) is 0 Å². The van der Waals surface area contributed by atoms with Crippen LogP contribution in [0.4, 0.5) is 0 Å². The predicted octanol–water partition coefficient (Wildman–Crippen LogP) is 5.22. The second-order valence-electron chi connectivity index (χ2n) is 6.43. The van der Waals surface area contributed by atoms with Crippen molar-refractivity contribution in [2.24, 2.45) is 11.3 Å². The Morgan fingerprint density at radius 3 is 2.18 bits per heavy atom. The first-order chi connectivity index (χ1) is 7.97. The predicted molar refractivity (Wildman–Crippen MR) is 76.0 cm³/mol. The van der Waals surface area contributed by atoms with Crippen LogP contribution in [-0.4, -0.2) is 0 Å². The highest BCUT2D eigenvalue weighted by atomic mass is 14.3. The first-order valence-electron chi connectivity index (χ1n) is 6.73. The Labute approximate surface area is 106 Å². The van der Waals surface area contributed by atoms with E-state index in [-0.39, 0.29) is 0 Å². The van der Waals surface area contributed by atoms with Crippen molar-refractivity contribution in [3.63, 3.8) is 0 Å². The first kappa shape index (κ1) is 12.4. The van der Waals surface area contributed by atoms with Gasteiger partial charge in [0.2, 0.25) is 0 Å². The minimum Gasteiger partial charge on any atom is -0.0804 e. The molecule has 0 aliphatic heterocycles. The summed E-state index contributed by atoms with van der Waals surface area (Å²) in [4.78, 5) is 0. The van der Waals surface area contributed by atoms with Gasteiger partial charge in [-0.25, -0.2) is 0 Å². The molecule has 1 aromatic carbocycles. The second-order valence-corrected chi connectivity index (χ2v) is 6.43. The molecule has 92 valence electrons. The lowest BCUT2D eigenvalue weighted by atomic mass is 9.72. The molecule has 0 radical (unpaired) electrons. The molecule has 2 rings (SSSR count). The van der Waals surface area contributed by atoms with Gasteiger partial charge in [0.1, 0.15) is 0 Å². The van der Waals surface area contributed by atoms with Crippen molar-refractivity contribution in [1.82, 2.24) is 0 Å². The molecule has 0 bridgehead atoms. The van der Waals surface area contributed by atoms with Crippen molar-refractivity contribution in [2.45, 2.75) is 47.0 Å². The molecule has 0 fully saturated rings. The summed E-state index contributed by atoms with van der Waals surface area (Å²) in [5.74, 6) is 0.844. The van der Waals surface area contributed by atoms with Crippen LogP contribution in [0.2, 0.25) is 0 Å². The largest absolute Gasteiger partial charge is 0.0804 e. The Bertz CT molecular complexity index is 401. The summed E-state index contributed by atoms with van der Waals surface area (Å²) in [6.07, 6.45) is 6.28. The van der Waals surface area contributed by atoms with E-state index in [1.165, 1.54) is 30.4 Å². The van der Waals surface area contributed by atoms with E-state index in [0.717, 1.165) is 5.92 Å². The summed E-state index contributed by atoms with van der Waals surface area (Å²) in [5.41, 5.74) is 4.76. The molecule has 1 aliphatic carbocycles. The van der Waals surface area contributed by atoms with E-state index in [9.17, 15) is 0 Å². The highest BCUT2D eigenvalue weighted by molar-refractivity contribution is 5.66. The SMILES string of the molecule is Cc1ccc(C2=CC[C@@H](C(C)(C)C)CC2)cc1. The van der Waals surface area contributed by atoms with E-state index >= 15 is 0 Å². The molecule has 1 aromatic rings. The Balaban J connectivity index is 2.11. The maximum atomic E-state index is 2.46. The van der Waals surface area contributed by atoms with Gasteiger partial charge in [-0.05, 0) is 48.7 Å². The molecule has 0 heterocycles. The van der Waals surface area contributed by atoms with Crippen molar-refractivity contribution in [1.29, 1.82) is 0 Å². The molecule has 0 N–H and O–H groups in total. The quantitative estimate of drug-likeness (QED) is 0.618. The molecular formula is C17H24. The molecule has 0 saturated carbocycles. The van der Waals surface area contributed by atoms with Gasteiger partial charge < -0.3 is 0 Å². The number of allylic oxidation sites excluding steroid dienone is 2. The van der Waals surface area contributed by atoms with Crippen LogP contribution >= 0.6 is 0 Å². The highest BCUT2D eigenvalue weighted by Crippen LogP contribution is 2.39. The second kappa shape index (κ2) is 4.68. The Hall–Kier alpha value is -1.04. The van der Waals surface area contributed by atoms with Gasteiger partial charge in [0.25, 0.3) is 0 Å². The third kappa shape index (κ3) is 3.00. The summed E-state index contributed by atoms with van der Waals surface area (Å²) in [5, 5.41) is 0. The minimum absolute atomic E-state index is 0.454. The van der Waals surface area contributed by atoms with Crippen molar-refractivity contribution >= 4 is 5.57 Å². The number of hydrogen-bond donors (Lipinski definition) is 0. The van der Waals surface area contributed by atoms with E-state index < -0.39 is 0 Å². The average molecular weight is 228 g/mol. The lowest BCUT2D eigenvalue weighted by molar-refractivity contribution is 0.225. The average Bonchev–Trinajstić information content (AvgIpc) is 2.29. The maximum absolute atomic E-state index is 2.46. The minimum atomic E-state index is 0.454. The molecule has 0 nitrogen and oxygen atoms in total. The summed E-state index contributed by atoms with van der Waals surface area (Å²) in [6.45, 7) is 9.24. The van der Waals surface area contributed by atoms with E-state index in [1.54, 1.807) is 5.57 Å². The standard InChI is InChI=1S/C17H24/c1-13-5-7-14(8-6-13)15-9-11-16(12-10-15)17(2,3)4/h5-9,16H,10-12H2,1-4H3/t16-/m1/s1. The zero-order valence-electron chi connectivity index (χ0n) is 11.6. The third-order valence-electron chi connectivity index (χ3n) is 4.06. The Morgan fingerprint density at radius 1 is 1.06 bits per heavy atom. The lowest BCUT2D eigenvalue weighted by Crippen LogP contribution is -2.21.